The Morgan fingerprint density at radius 3 is 2.83 bits per heavy atom. The lowest BCUT2D eigenvalue weighted by molar-refractivity contribution is -0.125. The molecular weight excluding hydrogens is 370 g/mol. The summed E-state index contributed by atoms with van der Waals surface area (Å²) in [5.74, 6) is 1.64. The van der Waals surface area contributed by atoms with Crippen LogP contribution in [0.5, 0.6) is 11.5 Å². The summed E-state index contributed by atoms with van der Waals surface area (Å²) in [6.45, 7) is 1.44. The van der Waals surface area contributed by atoms with Crippen LogP contribution >= 0.6 is 0 Å². The van der Waals surface area contributed by atoms with Gasteiger partial charge in [-0.1, -0.05) is 18.2 Å². The van der Waals surface area contributed by atoms with Gasteiger partial charge < -0.3 is 19.4 Å². The van der Waals surface area contributed by atoms with Crippen molar-refractivity contribution in [1.29, 1.82) is 0 Å². The Hall–Kier alpha value is -3.61. The van der Waals surface area contributed by atoms with Crippen molar-refractivity contribution in [2.45, 2.75) is 13.0 Å². The summed E-state index contributed by atoms with van der Waals surface area (Å²) in [5, 5.41) is 0.527. The van der Waals surface area contributed by atoms with Gasteiger partial charge in [0.25, 0.3) is 5.56 Å². The number of likely N-dealkylation sites (N-methyl/N-ethyl adjacent to an activating group) is 1. The number of fused-ring (bicyclic) bond motifs is 2. The normalized spacial score (nSPS) is 13.4. The van der Waals surface area contributed by atoms with Gasteiger partial charge in [-0.15, -0.1) is 0 Å². The lowest BCUT2D eigenvalue weighted by atomic mass is 10.2. The molecule has 0 atom stereocenters. The quantitative estimate of drug-likeness (QED) is 0.692. The molecule has 1 aromatic heterocycles. The molecule has 4 rings (SSSR count). The minimum absolute atomic E-state index is 0.199. The van der Waals surface area contributed by atoms with Crippen LogP contribution in [-0.4, -0.2) is 41.0 Å². The number of hydrogen-bond donors (Lipinski definition) is 1. The van der Waals surface area contributed by atoms with Crippen molar-refractivity contribution in [3.8, 4) is 11.5 Å². The Kier molecular flexibility index (Phi) is 5.29. The molecular formula is C22H21N3O4. The summed E-state index contributed by atoms with van der Waals surface area (Å²) in [6, 6.07) is 12.7. The molecule has 7 nitrogen and oxygen atoms in total. The van der Waals surface area contributed by atoms with Crippen molar-refractivity contribution in [1.82, 2.24) is 14.9 Å². The number of para-hydroxylation sites is 1. The molecule has 0 fully saturated rings. The topological polar surface area (TPSA) is 84.5 Å². The summed E-state index contributed by atoms with van der Waals surface area (Å²) in [6.07, 6.45) is 4.05. The number of rotatable bonds is 4. The fourth-order valence-electron chi connectivity index (χ4n) is 3.09. The predicted octanol–water partition coefficient (Wildman–Crippen LogP) is 2.76. The van der Waals surface area contributed by atoms with Crippen LogP contribution in [0.15, 0.2) is 53.3 Å². The molecule has 0 unspecified atom stereocenters. The highest BCUT2D eigenvalue weighted by molar-refractivity contribution is 5.91. The van der Waals surface area contributed by atoms with E-state index in [-0.39, 0.29) is 18.0 Å². The number of aromatic nitrogens is 2. The van der Waals surface area contributed by atoms with Gasteiger partial charge in [0.15, 0.2) is 11.5 Å². The first-order chi connectivity index (χ1) is 14.1. The van der Waals surface area contributed by atoms with Crippen LogP contribution in [0.4, 0.5) is 0 Å². The number of H-pyrrole nitrogens is 1. The molecule has 0 spiro atoms. The smallest absolute Gasteiger partial charge is 0.258 e. The molecule has 2 heterocycles. The number of ether oxygens (including phenoxy) is 2. The Labute approximate surface area is 167 Å². The largest absolute Gasteiger partial charge is 0.490 e. The van der Waals surface area contributed by atoms with Gasteiger partial charge in [-0.3, -0.25) is 9.59 Å². The first-order valence-electron chi connectivity index (χ1n) is 9.41. The summed E-state index contributed by atoms with van der Waals surface area (Å²) < 4.78 is 11.3. The van der Waals surface area contributed by atoms with Crippen LogP contribution in [0, 0.1) is 0 Å². The van der Waals surface area contributed by atoms with E-state index in [2.05, 4.69) is 9.97 Å². The SMILES string of the molecule is CN(Cc1nc2ccccc2c(=O)[nH]1)C(=O)/C=C/c1ccc2c(c1)OCCCO2. The first kappa shape index (κ1) is 18.7. The maximum atomic E-state index is 12.5. The van der Waals surface area contributed by atoms with E-state index in [1.54, 1.807) is 31.3 Å². The summed E-state index contributed by atoms with van der Waals surface area (Å²) >= 11 is 0. The highest BCUT2D eigenvalue weighted by atomic mass is 16.5. The van der Waals surface area contributed by atoms with E-state index in [1.165, 1.54) is 11.0 Å². The molecule has 1 N–H and O–H groups in total. The summed E-state index contributed by atoms with van der Waals surface area (Å²) in [5.41, 5.74) is 1.23. The highest BCUT2D eigenvalue weighted by Crippen LogP contribution is 2.30. The van der Waals surface area contributed by atoms with Crippen LogP contribution in [0.25, 0.3) is 17.0 Å². The summed E-state index contributed by atoms with van der Waals surface area (Å²) in [7, 11) is 1.66. The lowest BCUT2D eigenvalue weighted by Crippen LogP contribution is -2.26. The number of nitrogens with zero attached hydrogens (tertiary/aromatic N) is 2. The lowest BCUT2D eigenvalue weighted by Gasteiger charge is -2.14. The zero-order valence-corrected chi connectivity index (χ0v) is 16.1. The van der Waals surface area contributed by atoms with Gasteiger partial charge in [-0.05, 0) is 35.9 Å². The minimum atomic E-state index is -0.214. The second-order valence-corrected chi connectivity index (χ2v) is 6.81. The second kappa shape index (κ2) is 8.18. The fourth-order valence-corrected chi connectivity index (χ4v) is 3.09. The van der Waals surface area contributed by atoms with E-state index in [4.69, 9.17) is 9.47 Å². The average molecular weight is 391 g/mol. The number of carbonyl (C=O) groups is 1. The third-order valence-electron chi connectivity index (χ3n) is 4.62. The minimum Gasteiger partial charge on any atom is -0.490 e. The van der Waals surface area contributed by atoms with Crippen molar-refractivity contribution in [2.24, 2.45) is 0 Å². The van der Waals surface area contributed by atoms with E-state index in [9.17, 15) is 9.59 Å². The van der Waals surface area contributed by atoms with E-state index in [0.29, 0.717) is 35.7 Å². The molecule has 2 aromatic carbocycles. The Morgan fingerprint density at radius 2 is 1.97 bits per heavy atom. The van der Waals surface area contributed by atoms with Gasteiger partial charge in [0.1, 0.15) is 5.82 Å². The van der Waals surface area contributed by atoms with Gasteiger partial charge in [0.05, 0.1) is 30.7 Å². The fraction of sp³-hybridized carbons (Fsp3) is 0.227. The van der Waals surface area contributed by atoms with Crippen LogP contribution < -0.4 is 15.0 Å². The monoisotopic (exact) mass is 391 g/mol. The molecule has 7 heteroatoms. The van der Waals surface area contributed by atoms with Crippen LogP contribution in [-0.2, 0) is 11.3 Å². The van der Waals surface area contributed by atoms with Gasteiger partial charge in [-0.2, -0.15) is 0 Å². The molecule has 0 radical (unpaired) electrons. The molecule has 0 bridgehead atoms. The molecule has 0 saturated heterocycles. The number of carbonyl (C=O) groups excluding carboxylic acids is 1. The Morgan fingerprint density at radius 1 is 1.17 bits per heavy atom. The number of benzene rings is 2. The standard InChI is InChI=1S/C22H21N3O4/c1-25(14-20-23-17-6-3-2-5-16(17)22(27)24-20)21(26)10-8-15-7-9-18-19(13-15)29-12-4-11-28-18/h2-3,5-10,13H,4,11-12,14H2,1H3,(H,23,24,27)/b10-8+. The maximum absolute atomic E-state index is 12.5. The third-order valence-corrected chi connectivity index (χ3v) is 4.62. The van der Waals surface area contributed by atoms with Gasteiger partial charge >= 0.3 is 0 Å². The van der Waals surface area contributed by atoms with E-state index in [0.717, 1.165) is 17.7 Å². The molecule has 0 aliphatic carbocycles. The summed E-state index contributed by atoms with van der Waals surface area (Å²) in [4.78, 5) is 33.3. The predicted molar refractivity (Wildman–Crippen MR) is 110 cm³/mol. The molecule has 0 saturated carbocycles. The molecule has 1 amide bonds. The highest BCUT2D eigenvalue weighted by Gasteiger charge is 2.11. The number of aromatic amines is 1. The Bertz CT molecular complexity index is 1140. The maximum Gasteiger partial charge on any atom is 0.258 e. The van der Waals surface area contributed by atoms with Crippen LogP contribution in [0.3, 0.4) is 0 Å². The second-order valence-electron chi connectivity index (χ2n) is 6.81. The molecule has 148 valence electrons. The van der Waals surface area contributed by atoms with Crippen LogP contribution in [0.2, 0.25) is 0 Å². The van der Waals surface area contributed by atoms with Gasteiger partial charge in [-0.25, -0.2) is 4.98 Å². The van der Waals surface area contributed by atoms with E-state index in [1.807, 2.05) is 24.3 Å². The molecule has 1 aliphatic rings. The number of nitrogens with one attached hydrogen (secondary N) is 1. The van der Waals surface area contributed by atoms with Crippen molar-refractivity contribution in [2.75, 3.05) is 20.3 Å². The zero-order chi connectivity index (χ0) is 20.2. The van der Waals surface area contributed by atoms with Gasteiger partial charge in [0, 0.05) is 19.5 Å². The van der Waals surface area contributed by atoms with E-state index < -0.39 is 0 Å². The van der Waals surface area contributed by atoms with Crippen LogP contribution in [0.1, 0.15) is 17.8 Å². The zero-order valence-electron chi connectivity index (χ0n) is 16.1. The molecule has 1 aliphatic heterocycles. The first-order valence-corrected chi connectivity index (χ1v) is 9.41. The molecule has 29 heavy (non-hydrogen) atoms. The number of hydrogen-bond acceptors (Lipinski definition) is 5. The third kappa shape index (κ3) is 4.29. The van der Waals surface area contributed by atoms with E-state index >= 15 is 0 Å². The van der Waals surface area contributed by atoms with Crippen molar-refractivity contribution in [3.63, 3.8) is 0 Å². The van der Waals surface area contributed by atoms with Crippen molar-refractivity contribution in [3.05, 3.63) is 70.3 Å². The van der Waals surface area contributed by atoms with Gasteiger partial charge in [0.2, 0.25) is 5.91 Å². The van der Waals surface area contributed by atoms with Crippen molar-refractivity contribution < 1.29 is 14.3 Å². The average Bonchev–Trinajstić information content (AvgIpc) is 2.97. The number of amides is 1. The molecule has 3 aromatic rings. The Balaban J connectivity index is 1.46. The van der Waals surface area contributed by atoms with Crippen molar-refractivity contribution >= 4 is 22.9 Å².